The Balaban J connectivity index is 2.25. The lowest BCUT2D eigenvalue weighted by Crippen LogP contribution is -2.06. The van der Waals surface area contributed by atoms with Crippen molar-refractivity contribution in [3.8, 4) is 29.2 Å². The molecule has 0 saturated carbocycles. The minimum atomic E-state index is -2.48. The highest BCUT2D eigenvalue weighted by atomic mass is 19.3. The molecule has 2 rings (SSSR count). The molecule has 0 aromatic heterocycles. The summed E-state index contributed by atoms with van der Waals surface area (Å²) >= 11 is 0. The van der Waals surface area contributed by atoms with Crippen LogP contribution in [0.3, 0.4) is 0 Å². The van der Waals surface area contributed by atoms with E-state index >= 15 is 0 Å². The van der Waals surface area contributed by atoms with Gasteiger partial charge in [-0.25, -0.2) is 8.78 Å². The Morgan fingerprint density at radius 2 is 1.74 bits per heavy atom. The van der Waals surface area contributed by atoms with Gasteiger partial charge < -0.3 is 4.74 Å². The summed E-state index contributed by atoms with van der Waals surface area (Å²) in [4.78, 5) is 0. The van der Waals surface area contributed by atoms with Crippen LogP contribution in [-0.4, -0.2) is 13.0 Å². The van der Waals surface area contributed by atoms with E-state index in [9.17, 15) is 8.78 Å². The van der Waals surface area contributed by atoms with Gasteiger partial charge in [0.1, 0.15) is 12.4 Å². The first-order valence-corrected chi connectivity index (χ1v) is 5.77. The van der Waals surface area contributed by atoms with Crippen molar-refractivity contribution in [2.75, 3.05) is 6.61 Å². The summed E-state index contributed by atoms with van der Waals surface area (Å²) in [5.74, 6) is 2.98. The van der Waals surface area contributed by atoms with Crippen molar-refractivity contribution in [2.45, 2.75) is 6.43 Å². The van der Waals surface area contributed by atoms with Gasteiger partial charge in [-0.15, -0.1) is 6.42 Å². The quantitative estimate of drug-likeness (QED) is 0.754. The van der Waals surface area contributed by atoms with Crippen LogP contribution in [-0.2, 0) is 0 Å². The topological polar surface area (TPSA) is 9.23 Å². The normalized spacial score (nSPS) is 10.2. The predicted molar refractivity (Wildman–Crippen MR) is 71.3 cm³/mol. The number of ether oxygens (including phenoxy) is 1. The third kappa shape index (κ3) is 3.56. The number of terminal acetylenes is 1. The Kier molecular flexibility index (Phi) is 4.15. The van der Waals surface area contributed by atoms with Crippen molar-refractivity contribution in [3.05, 3.63) is 54.1 Å². The van der Waals surface area contributed by atoms with Crippen molar-refractivity contribution in [1.82, 2.24) is 0 Å². The minimum absolute atomic E-state index is 0.420. The smallest absolute Gasteiger partial charge is 0.272 e. The van der Waals surface area contributed by atoms with Gasteiger partial charge in [-0.05, 0) is 35.4 Å². The Labute approximate surface area is 110 Å². The maximum absolute atomic E-state index is 12.1. The van der Waals surface area contributed by atoms with Crippen molar-refractivity contribution in [3.63, 3.8) is 0 Å². The van der Waals surface area contributed by atoms with Crippen molar-refractivity contribution in [2.24, 2.45) is 0 Å². The Hall–Kier alpha value is -2.34. The second-order valence-electron chi connectivity index (χ2n) is 3.96. The van der Waals surface area contributed by atoms with Crippen LogP contribution in [0.25, 0.3) is 11.1 Å². The lowest BCUT2D eigenvalue weighted by atomic mass is 10.0. The van der Waals surface area contributed by atoms with Crippen LogP contribution >= 0.6 is 0 Å². The molecule has 2 aromatic carbocycles. The third-order valence-corrected chi connectivity index (χ3v) is 2.57. The van der Waals surface area contributed by atoms with Crippen molar-refractivity contribution < 1.29 is 13.5 Å². The molecule has 0 aliphatic carbocycles. The minimum Gasteiger partial charge on any atom is -0.488 e. The van der Waals surface area contributed by atoms with Crippen molar-refractivity contribution in [1.29, 1.82) is 0 Å². The fourth-order valence-electron chi connectivity index (χ4n) is 1.71. The van der Waals surface area contributed by atoms with Gasteiger partial charge in [-0.2, -0.15) is 0 Å². The number of rotatable bonds is 4. The van der Waals surface area contributed by atoms with Crippen LogP contribution in [0.2, 0.25) is 0 Å². The van der Waals surface area contributed by atoms with Crippen LogP contribution in [0.15, 0.2) is 48.5 Å². The second-order valence-corrected chi connectivity index (χ2v) is 3.96. The zero-order chi connectivity index (χ0) is 13.7. The molecule has 0 radical (unpaired) electrons. The first kappa shape index (κ1) is 13.1. The molecule has 1 nitrogen and oxygen atoms in total. The zero-order valence-corrected chi connectivity index (χ0v) is 10.1. The standard InChI is InChI=1S/C16H12F2O/c1-2-12-5-3-6-13(9-12)14-7-4-8-15(10-14)19-11-16(17)18/h1,3-10,16H,11H2. The summed E-state index contributed by atoms with van der Waals surface area (Å²) in [7, 11) is 0. The van der Waals surface area contributed by atoms with Crippen LogP contribution in [0.1, 0.15) is 5.56 Å². The maximum Gasteiger partial charge on any atom is 0.272 e. The van der Waals surface area contributed by atoms with Gasteiger partial charge in [-0.3, -0.25) is 0 Å². The van der Waals surface area contributed by atoms with Gasteiger partial charge in [0.2, 0.25) is 0 Å². The van der Waals surface area contributed by atoms with E-state index in [0.29, 0.717) is 5.75 Å². The second kappa shape index (κ2) is 6.01. The molecule has 0 atom stereocenters. The summed E-state index contributed by atoms with van der Waals surface area (Å²) in [6.45, 7) is -0.603. The molecule has 0 amide bonds. The molecule has 0 unspecified atom stereocenters. The van der Waals surface area contributed by atoms with Crippen LogP contribution in [0, 0.1) is 12.3 Å². The first-order chi connectivity index (χ1) is 9.19. The van der Waals surface area contributed by atoms with Gasteiger partial charge in [-0.1, -0.05) is 30.2 Å². The molecular weight excluding hydrogens is 246 g/mol. The maximum atomic E-state index is 12.1. The molecule has 19 heavy (non-hydrogen) atoms. The van der Waals surface area contributed by atoms with E-state index < -0.39 is 13.0 Å². The van der Waals surface area contributed by atoms with Crippen LogP contribution in [0.5, 0.6) is 5.75 Å². The largest absolute Gasteiger partial charge is 0.488 e. The van der Waals surface area contributed by atoms with Gasteiger partial charge in [0, 0.05) is 5.56 Å². The molecule has 3 heteroatoms. The molecule has 0 saturated heterocycles. The first-order valence-electron chi connectivity index (χ1n) is 5.77. The predicted octanol–water partition coefficient (Wildman–Crippen LogP) is 3.98. The fourth-order valence-corrected chi connectivity index (χ4v) is 1.71. The highest BCUT2D eigenvalue weighted by molar-refractivity contribution is 5.66. The summed E-state index contributed by atoms with van der Waals surface area (Å²) < 4.78 is 29.2. The number of alkyl halides is 2. The molecule has 96 valence electrons. The van der Waals surface area contributed by atoms with Gasteiger partial charge in [0.15, 0.2) is 0 Å². The lowest BCUT2D eigenvalue weighted by molar-refractivity contribution is 0.0819. The zero-order valence-electron chi connectivity index (χ0n) is 10.1. The number of benzene rings is 2. The SMILES string of the molecule is C#Cc1cccc(-c2cccc(OCC(F)F)c2)c1. The number of halogens is 2. The summed E-state index contributed by atoms with van der Waals surface area (Å²) in [6.07, 6.45) is 2.87. The van der Waals surface area contributed by atoms with E-state index in [-0.39, 0.29) is 0 Å². The highest BCUT2D eigenvalue weighted by Crippen LogP contribution is 2.24. The van der Waals surface area contributed by atoms with E-state index in [1.54, 1.807) is 18.2 Å². The van der Waals surface area contributed by atoms with Gasteiger partial charge in [0.05, 0.1) is 0 Å². The molecule has 0 N–H and O–H groups in total. The molecule has 0 aliphatic rings. The summed E-state index contributed by atoms with van der Waals surface area (Å²) in [5, 5.41) is 0. The van der Waals surface area contributed by atoms with E-state index in [1.165, 1.54) is 0 Å². The van der Waals surface area contributed by atoms with Crippen LogP contribution < -0.4 is 4.74 Å². The molecule has 0 aliphatic heterocycles. The average molecular weight is 258 g/mol. The molecule has 0 fully saturated rings. The number of hydrogen-bond donors (Lipinski definition) is 0. The summed E-state index contributed by atoms with van der Waals surface area (Å²) in [6, 6.07) is 14.5. The van der Waals surface area contributed by atoms with Gasteiger partial charge >= 0.3 is 0 Å². The lowest BCUT2D eigenvalue weighted by Gasteiger charge is -2.08. The van der Waals surface area contributed by atoms with E-state index in [4.69, 9.17) is 11.2 Å². The molecule has 0 heterocycles. The Morgan fingerprint density at radius 3 is 2.42 bits per heavy atom. The molecule has 0 spiro atoms. The van der Waals surface area contributed by atoms with E-state index in [0.717, 1.165) is 16.7 Å². The third-order valence-electron chi connectivity index (χ3n) is 2.57. The van der Waals surface area contributed by atoms with E-state index in [1.807, 2.05) is 30.3 Å². The van der Waals surface area contributed by atoms with E-state index in [2.05, 4.69) is 5.92 Å². The van der Waals surface area contributed by atoms with Crippen LogP contribution in [0.4, 0.5) is 8.78 Å². The Bertz CT molecular complexity index is 600. The Morgan fingerprint density at radius 1 is 1.05 bits per heavy atom. The van der Waals surface area contributed by atoms with Gasteiger partial charge in [0.25, 0.3) is 6.43 Å². The molecule has 0 bridgehead atoms. The number of hydrogen-bond acceptors (Lipinski definition) is 1. The highest BCUT2D eigenvalue weighted by Gasteiger charge is 2.05. The fraction of sp³-hybridized carbons (Fsp3) is 0.125. The summed E-state index contributed by atoms with van der Waals surface area (Å²) in [5.41, 5.74) is 2.58. The average Bonchev–Trinajstić information content (AvgIpc) is 2.45. The van der Waals surface area contributed by atoms with Crippen molar-refractivity contribution >= 4 is 0 Å². The molecule has 2 aromatic rings. The molecular formula is C16H12F2O. The monoisotopic (exact) mass is 258 g/mol.